The van der Waals surface area contributed by atoms with Gasteiger partial charge in [0.15, 0.2) is 5.78 Å². The zero-order chi connectivity index (χ0) is 63.7. The van der Waals surface area contributed by atoms with Gasteiger partial charge in [0.05, 0.1) is 31.0 Å². The first-order chi connectivity index (χ1) is 41.4. The van der Waals surface area contributed by atoms with Crippen molar-refractivity contribution in [1.29, 1.82) is 0 Å². The van der Waals surface area contributed by atoms with Crippen LogP contribution in [0.4, 0.5) is 10.7 Å². The molecule has 23 heteroatoms. The highest BCUT2D eigenvalue weighted by Crippen LogP contribution is 2.38. The van der Waals surface area contributed by atoms with Crippen LogP contribution < -0.4 is 16.0 Å². The number of carbonyl (C=O) groups is 6. The van der Waals surface area contributed by atoms with Crippen LogP contribution in [-0.4, -0.2) is 217 Å². The summed E-state index contributed by atoms with van der Waals surface area (Å²) < 4.78 is 36.4. The fourth-order valence-electron chi connectivity index (χ4n) is 12.7. The second-order valence-electron chi connectivity index (χ2n) is 25.2. The van der Waals surface area contributed by atoms with Crippen LogP contribution >= 0.6 is 0 Å². The normalized spacial score (nSPS) is 34.0. The van der Waals surface area contributed by atoms with Crippen LogP contribution in [0.1, 0.15) is 124 Å². The number of nitrogens with one attached hydrogen (secondary N) is 1. The van der Waals surface area contributed by atoms with Crippen molar-refractivity contribution in [1.82, 2.24) is 30.0 Å². The monoisotopic (exact) mass is 1220 g/mol. The highest BCUT2D eigenvalue weighted by atomic mass is 16.6. The summed E-state index contributed by atoms with van der Waals surface area (Å²) in [6, 6.07) is -2.01. The number of nitrogens with two attached hydrogens (primary N) is 1. The van der Waals surface area contributed by atoms with E-state index in [0.717, 1.165) is 5.57 Å². The number of hydrogen-bond acceptors (Lipinski definition) is 20. The van der Waals surface area contributed by atoms with Gasteiger partial charge in [-0.15, -0.1) is 0 Å². The molecule has 6 rings (SSSR count). The number of esters is 1. The molecule has 4 fully saturated rings. The van der Waals surface area contributed by atoms with Crippen molar-refractivity contribution in [3.8, 4) is 0 Å². The van der Waals surface area contributed by atoms with Gasteiger partial charge in [-0.1, -0.05) is 64.2 Å². The smallest absolute Gasteiger partial charge is 0.407 e. The summed E-state index contributed by atoms with van der Waals surface area (Å²) in [4.78, 5) is 99.0. The summed E-state index contributed by atoms with van der Waals surface area (Å²) in [7, 11) is 8.34. The number of rotatable bonds is 12. The maximum atomic E-state index is 14.8. The van der Waals surface area contributed by atoms with E-state index in [-0.39, 0.29) is 50.1 Å². The number of aliphatic hydroxyl groups excluding tert-OH is 2. The summed E-state index contributed by atoms with van der Waals surface area (Å²) in [5.74, 6) is -7.29. The largest absolute Gasteiger partial charge is 0.459 e. The van der Waals surface area contributed by atoms with Gasteiger partial charge in [0.1, 0.15) is 30.5 Å². The highest BCUT2D eigenvalue weighted by molar-refractivity contribution is 6.39. The van der Waals surface area contributed by atoms with E-state index in [0.29, 0.717) is 108 Å². The SMILES string of the molecule is CO[C@H]1C[C@@H]2CC[C@@H](C)[C@@](O)(O2)C(=O)C(=O)N2CCCC[C@H]2C(=O)O[C@H]([C@H](N)C[C@@H]2CC[C@@H](OC(=O)NCc3cnc(N4CCN(C(=O)CN(C)C)CC4)nc3)[C@H](OC)C2)C[C@@H](OC)[C@H](C)/C=C(\C)[C@@H](O)[C@@H](O)C(=O)[C@H](C)C[C@H](C)/C=C/C=CC=C1C. The van der Waals surface area contributed by atoms with Crippen LogP contribution in [0, 0.1) is 29.6 Å². The molecule has 4 aliphatic heterocycles. The fourth-order valence-corrected chi connectivity index (χ4v) is 12.7. The number of hydrogen-bond donors (Lipinski definition) is 5. The van der Waals surface area contributed by atoms with Gasteiger partial charge >= 0.3 is 12.1 Å². The van der Waals surface area contributed by atoms with Crippen LogP contribution in [0.2, 0.25) is 0 Å². The number of alkyl carbamates (subject to hydrolysis) is 1. The maximum Gasteiger partial charge on any atom is 0.407 e. The number of aromatic nitrogens is 2. The lowest BCUT2D eigenvalue weighted by atomic mass is 9.80. The van der Waals surface area contributed by atoms with E-state index in [1.807, 2.05) is 79.9 Å². The third-order valence-corrected chi connectivity index (χ3v) is 18.2. The number of Topliss-reactive ketones (excluding diaryl/α,β-unsaturated/α-hetero) is 2. The number of carbonyl (C=O) groups excluding carboxylic acids is 6. The van der Waals surface area contributed by atoms with E-state index >= 15 is 0 Å². The Labute approximate surface area is 514 Å². The van der Waals surface area contributed by atoms with Crippen LogP contribution in [0.3, 0.4) is 0 Å². The lowest BCUT2D eigenvalue weighted by Crippen LogP contribution is -2.61. The van der Waals surface area contributed by atoms with Crippen LogP contribution in [0.25, 0.3) is 0 Å². The summed E-state index contributed by atoms with van der Waals surface area (Å²) in [5.41, 5.74) is 9.00. The molecular formula is C64H100N8O15. The summed E-state index contributed by atoms with van der Waals surface area (Å²) >= 11 is 0. The molecule has 0 aromatic carbocycles. The number of amides is 3. The zero-order valence-electron chi connectivity index (χ0n) is 53.2. The van der Waals surface area contributed by atoms with Crippen molar-refractivity contribution < 1.29 is 72.5 Å². The van der Waals surface area contributed by atoms with Crippen molar-refractivity contribution in [2.75, 3.05) is 79.6 Å². The molecule has 6 N–H and O–H groups in total. The number of nitrogens with zero attached hydrogens (tertiary/aromatic N) is 6. The molecule has 87 heavy (non-hydrogen) atoms. The first-order valence-corrected chi connectivity index (χ1v) is 31.2. The molecule has 1 aromatic rings. The van der Waals surface area contributed by atoms with Crippen LogP contribution in [-0.2, 0) is 58.9 Å². The fraction of sp³-hybridized carbons (Fsp3) is 0.719. The van der Waals surface area contributed by atoms with Gasteiger partial charge in [-0.3, -0.25) is 19.2 Å². The number of ketones is 2. The van der Waals surface area contributed by atoms with E-state index in [1.165, 1.54) is 12.0 Å². The van der Waals surface area contributed by atoms with E-state index < -0.39 is 114 Å². The summed E-state index contributed by atoms with van der Waals surface area (Å²) in [5, 5.41) is 37.6. The number of allylic oxidation sites excluding steroid dienone is 5. The summed E-state index contributed by atoms with van der Waals surface area (Å²) in [6.07, 6.45) is 11.3. The minimum atomic E-state index is -2.47. The van der Waals surface area contributed by atoms with Crippen molar-refractivity contribution in [2.45, 2.75) is 192 Å². The number of ether oxygens (including phenoxy) is 6. The molecular weight excluding hydrogens is 1120 g/mol. The second-order valence-corrected chi connectivity index (χ2v) is 25.2. The molecule has 3 saturated heterocycles. The Morgan fingerprint density at radius 1 is 0.816 bits per heavy atom. The Hall–Kier alpha value is -5.50. The predicted molar refractivity (Wildman–Crippen MR) is 325 cm³/mol. The van der Waals surface area contributed by atoms with Gasteiger partial charge in [0.25, 0.3) is 11.7 Å². The Balaban J connectivity index is 1.17. The average Bonchev–Trinajstić information content (AvgIpc) is 1.20. The number of cyclic esters (lactones) is 1. The first kappa shape index (κ1) is 70.6. The van der Waals surface area contributed by atoms with Gasteiger partial charge in [-0.05, 0) is 115 Å². The molecule has 1 aromatic heterocycles. The molecule has 23 nitrogen and oxygen atoms in total. The minimum Gasteiger partial charge on any atom is -0.459 e. The number of piperazine rings is 1. The molecule has 0 spiro atoms. The zero-order valence-corrected chi connectivity index (χ0v) is 53.2. The Morgan fingerprint density at radius 2 is 1.52 bits per heavy atom. The van der Waals surface area contributed by atoms with E-state index in [2.05, 4.69) is 15.3 Å². The number of aliphatic hydroxyl groups is 3. The number of methoxy groups -OCH3 is 3. The number of piperidine rings is 1. The topological polar surface area (TPSA) is 295 Å². The Kier molecular flexibility index (Phi) is 27.1. The molecule has 0 unspecified atom stereocenters. The van der Waals surface area contributed by atoms with Crippen molar-refractivity contribution >= 4 is 41.4 Å². The van der Waals surface area contributed by atoms with E-state index in [9.17, 15) is 44.1 Å². The molecule has 3 amide bonds. The number of anilines is 1. The van der Waals surface area contributed by atoms with Gasteiger partial charge < -0.3 is 74.4 Å². The standard InChI is InChI=1S/C64H100N8O15/c1-39-17-13-12-14-18-40(2)51(82-9)33-47-22-20-44(6)64(81,87-47)59(77)60(78)72-24-16-15-19-49(72)61(79)85-53(34-52(83-10)41(3)30-43(5)57(75)58(76)56(74)42(4)29-39)48(65)31-45-21-23-50(54(32-45)84-11)86-63(80)68-37-46-35-66-62(67-36-46)71-27-25-70(26-28-71)55(73)38-69(7)8/h12-14,17-18,30,35-36,39,41-42,44-45,47-54,57-58,75-76,81H,15-16,19-29,31-34,37-38,65H2,1-11H3,(H,68,80)/b14-12?,17-13+,40-18?,43-30+/t39-,41-,42-,44-,45+,47+,48-,49+,50-,51+,52-,53+,54-,57-,58+,64-/m1/s1. The van der Waals surface area contributed by atoms with E-state index in [1.54, 1.807) is 53.5 Å². The van der Waals surface area contributed by atoms with Gasteiger partial charge in [0, 0.05) is 115 Å². The summed E-state index contributed by atoms with van der Waals surface area (Å²) in [6.45, 7) is 13.6. The molecule has 16 atom stereocenters. The van der Waals surface area contributed by atoms with Gasteiger partial charge in [-0.2, -0.15) is 0 Å². The van der Waals surface area contributed by atoms with Crippen molar-refractivity contribution in [3.63, 3.8) is 0 Å². The quantitative estimate of drug-likeness (QED) is 0.109. The molecule has 5 aliphatic rings. The molecule has 5 heterocycles. The predicted octanol–water partition coefficient (Wildman–Crippen LogP) is 4.60. The third kappa shape index (κ3) is 19.5. The molecule has 486 valence electrons. The van der Waals surface area contributed by atoms with Crippen LogP contribution in [0.5, 0.6) is 0 Å². The van der Waals surface area contributed by atoms with Crippen molar-refractivity contribution in [3.05, 3.63) is 65.6 Å². The first-order valence-electron chi connectivity index (χ1n) is 31.2. The van der Waals surface area contributed by atoms with Gasteiger partial charge in [-0.25, -0.2) is 19.6 Å². The Morgan fingerprint density at radius 3 is 2.18 bits per heavy atom. The van der Waals surface area contributed by atoms with Crippen molar-refractivity contribution in [2.24, 2.45) is 35.3 Å². The third-order valence-electron chi connectivity index (χ3n) is 18.2. The molecule has 0 radical (unpaired) electrons. The lowest BCUT2D eigenvalue weighted by Gasteiger charge is -2.43. The average molecular weight is 1220 g/mol. The molecule has 1 saturated carbocycles. The molecule has 2 bridgehead atoms. The van der Waals surface area contributed by atoms with E-state index in [4.69, 9.17) is 34.2 Å². The number of fused-ring (bicyclic) bond motifs is 3. The lowest BCUT2D eigenvalue weighted by molar-refractivity contribution is -0.265. The molecule has 1 aliphatic carbocycles. The maximum absolute atomic E-state index is 14.8. The number of likely N-dealkylation sites (N-methyl/N-ethyl adjacent to an activating group) is 1. The van der Waals surface area contributed by atoms with Crippen LogP contribution in [0.15, 0.2) is 60.0 Å². The minimum absolute atomic E-state index is 0.0450. The highest BCUT2D eigenvalue weighted by Gasteiger charge is 2.53. The second kappa shape index (κ2) is 33.4. The Bertz CT molecular complexity index is 2570. The van der Waals surface area contributed by atoms with Gasteiger partial charge in [0.2, 0.25) is 17.6 Å².